The Balaban J connectivity index is 1.35. The average molecular weight is 376 g/mol. The molecule has 2 heterocycles. The van der Waals surface area contributed by atoms with Gasteiger partial charge >= 0.3 is 0 Å². The number of aromatic nitrogens is 2. The smallest absolute Gasteiger partial charge is 0.255 e. The minimum absolute atomic E-state index is 0.0815. The minimum atomic E-state index is -0.0815. The average Bonchev–Trinajstić information content (AvgIpc) is 3.25. The number of piperidine rings is 1. The zero-order valence-electron chi connectivity index (χ0n) is 15.9. The third-order valence-corrected chi connectivity index (χ3v) is 5.15. The summed E-state index contributed by atoms with van der Waals surface area (Å²) in [6.07, 6.45) is 1.77. The van der Waals surface area contributed by atoms with Crippen molar-refractivity contribution in [2.75, 3.05) is 25.1 Å². The largest absolute Gasteiger partial charge is 0.496 e. The number of nitrogens with zero attached hydrogens (tertiary/aromatic N) is 2. The molecule has 6 heteroatoms. The highest BCUT2D eigenvalue weighted by Crippen LogP contribution is 2.24. The summed E-state index contributed by atoms with van der Waals surface area (Å²) in [5.41, 5.74) is 2.72. The Morgan fingerprint density at radius 2 is 1.82 bits per heavy atom. The highest BCUT2D eigenvalue weighted by molar-refractivity contribution is 5.97. The Hall–Kier alpha value is -3.28. The van der Waals surface area contributed by atoms with Gasteiger partial charge in [-0.1, -0.05) is 42.5 Å². The summed E-state index contributed by atoms with van der Waals surface area (Å²) in [6.45, 7) is 1.71. The molecule has 6 nitrogen and oxygen atoms in total. The number of ether oxygens (including phenoxy) is 1. The van der Waals surface area contributed by atoms with Crippen LogP contribution < -0.4 is 15.0 Å². The zero-order valence-corrected chi connectivity index (χ0v) is 15.9. The van der Waals surface area contributed by atoms with E-state index in [1.54, 1.807) is 19.2 Å². The molecule has 1 amide bonds. The van der Waals surface area contributed by atoms with Crippen LogP contribution in [0, 0.1) is 0 Å². The minimum Gasteiger partial charge on any atom is -0.496 e. The van der Waals surface area contributed by atoms with Crippen LogP contribution in [0.1, 0.15) is 23.2 Å². The van der Waals surface area contributed by atoms with E-state index in [4.69, 9.17) is 4.74 Å². The lowest BCUT2D eigenvalue weighted by Gasteiger charge is -2.32. The molecule has 0 unspecified atom stereocenters. The van der Waals surface area contributed by atoms with Crippen molar-refractivity contribution in [1.29, 1.82) is 0 Å². The van der Waals surface area contributed by atoms with Crippen molar-refractivity contribution in [3.05, 3.63) is 66.2 Å². The number of para-hydroxylation sites is 1. The number of H-pyrrole nitrogens is 1. The van der Waals surface area contributed by atoms with Gasteiger partial charge in [-0.05, 0) is 30.5 Å². The normalized spacial score (nSPS) is 14.7. The van der Waals surface area contributed by atoms with Gasteiger partial charge < -0.3 is 15.0 Å². The Morgan fingerprint density at radius 3 is 2.57 bits per heavy atom. The van der Waals surface area contributed by atoms with Crippen molar-refractivity contribution in [2.24, 2.45) is 0 Å². The number of benzene rings is 2. The first-order chi connectivity index (χ1) is 13.7. The molecule has 28 heavy (non-hydrogen) atoms. The van der Waals surface area contributed by atoms with Gasteiger partial charge in [-0.2, -0.15) is 5.10 Å². The molecule has 144 valence electrons. The van der Waals surface area contributed by atoms with Crippen LogP contribution >= 0.6 is 0 Å². The van der Waals surface area contributed by atoms with Gasteiger partial charge in [0.2, 0.25) is 0 Å². The molecule has 2 N–H and O–H groups in total. The molecular weight excluding hydrogens is 352 g/mol. The van der Waals surface area contributed by atoms with Crippen LogP contribution in [0.3, 0.4) is 0 Å². The van der Waals surface area contributed by atoms with Gasteiger partial charge in [0, 0.05) is 25.2 Å². The summed E-state index contributed by atoms with van der Waals surface area (Å²) in [5, 5.41) is 10.7. The van der Waals surface area contributed by atoms with Gasteiger partial charge in [-0.15, -0.1) is 0 Å². The molecule has 1 saturated heterocycles. The van der Waals surface area contributed by atoms with Crippen LogP contribution in [-0.2, 0) is 0 Å². The Kier molecular flexibility index (Phi) is 5.28. The van der Waals surface area contributed by atoms with Gasteiger partial charge in [0.15, 0.2) is 5.82 Å². The number of carbonyl (C=O) groups excluding carboxylic acids is 1. The van der Waals surface area contributed by atoms with Crippen LogP contribution in [0.2, 0.25) is 0 Å². The van der Waals surface area contributed by atoms with E-state index in [0.717, 1.165) is 43.0 Å². The van der Waals surface area contributed by atoms with E-state index in [1.165, 1.54) is 0 Å². The molecule has 4 rings (SSSR count). The number of hydrogen-bond acceptors (Lipinski definition) is 4. The second kappa shape index (κ2) is 8.17. The summed E-state index contributed by atoms with van der Waals surface area (Å²) in [7, 11) is 1.58. The second-order valence-electron chi connectivity index (χ2n) is 6.94. The molecule has 0 saturated carbocycles. The zero-order chi connectivity index (χ0) is 19.3. The van der Waals surface area contributed by atoms with Crippen LogP contribution in [0.5, 0.6) is 5.75 Å². The molecular formula is C22H24N4O2. The van der Waals surface area contributed by atoms with Gasteiger partial charge in [0.1, 0.15) is 5.75 Å². The highest BCUT2D eigenvalue weighted by Gasteiger charge is 2.23. The fourth-order valence-corrected chi connectivity index (χ4v) is 3.59. The lowest BCUT2D eigenvalue weighted by atomic mass is 10.0. The lowest BCUT2D eigenvalue weighted by molar-refractivity contribution is 0.0928. The van der Waals surface area contributed by atoms with E-state index in [2.05, 4.69) is 38.6 Å². The molecule has 1 fully saturated rings. The number of amides is 1. The summed E-state index contributed by atoms with van der Waals surface area (Å²) < 4.78 is 5.29. The Labute approximate surface area is 164 Å². The van der Waals surface area contributed by atoms with Crippen LogP contribution in [-0.4, -0.2) is 42.3 Å². The van der Waals surface area contributed by atoms with Crippen LogP contribution in [0.4, 0.5) is 5.82 Å². The van der Waals surface area contributed by atoms with Crippen LogP contribution in [0.15, 0.2) is 60.7 Å². The summed E-state index contributed by atoms with van der Waals surface area (Å²) in [4.78, 5) is 14.8. The number of nitrogens with one attached hydrogen (secondary N) is 2. The Morgan fingerprint density at radius 1 is 1.11 bits per heavy atom. The van der Waals surface area contributed by atoms with Gasteiger partial charge in [0.25, 0.3) is 5.91 Å². The number of anilines is 1. The predicted octanol–water partition coefficient (Wildman–Crippen LogP) is 3.48. The second-order valence-corrected chi connectivity index (χ2v) is 6.94. The van der Waals surface area contributed by atoms with Crippen molar-refractivity contribution in [3.63, 3.8) is 0 Å². The summed E-state index contributed by atoms with van der Waals surface area (Å²) in [5.74, 6) is 1.47. The molecule has 0 radical (unpaired) electrons. The van der Waals surface area contributed by atoms with Gasteiger partial charge in [-0.25, -0.2) is 0 Å². The van der Waals surface area contributed by atoms with E-state index in [1.807, 2.05) is 30.3 Å². The van der Waals surface area contributed by atoms with Crippen molar-refractivity contribution < 1.29 is 9.53 Å². The van der Waals surface area contributed by atoms with Crippen LogP contribution in [0.25, 0.3) is 11.3 Å². The predicted molar refractivity (Wildman–Crippen MR) is 110 cm³/mol. The van der Waals surface area contributed by atoms with Crippen molar-refractivity contribution in [3.8, 4) is 17.0 Å². The van der Waals surface area contributed by atoms with E-state index >= 15 is 0 Å². The first-order valence-corrected chi connectivity index (χ1v) is 9.54. The van der Waals surface area contributed by atoms with E-state index in [-0.39, 0.29) is 11.9 Å². The Bertz CT molecular complexity index is 930. The fourth-order valence-electron chi connectivity index (χ4n) is 3.59. The van der Waals surface area contributed by atoms with Crippen molar-refractivity contribution in [1.82, 2.24) is 15.5 Å². The molecule has 0 spiro atoms. The number of carbonyl (C=O) groups is 1. The highest BCUT2D eigenvalue weighted by atomic mass is 16.5. The van der Waals surface area contributed by atoms with Crippen molar-refractivity contribution in [2.45, 2.75) is 18.9 Å². The van der Waals surface area contributed by atoms with E-state index in [9.17, 15) is 4.79 Å². The van der Waals surface area contributed by atoms with E-state index in [0.29, 0.717) is 11.3 Å². The monoisotopic (exact) mass is 376 g/mol. The number of aromatic amines is 1. The molecule has 3 aromatic rings. The third-order valence-electron chi connectivity index (χ3n) is 5.15. The molecule has 0 bridgehead atoms. The first-order valence-electron chi connectivity index (χ1n) is 9.54. The molecule has 1 aromatic heterocycles. The SMILES string of the molecule is COc1ccccc1C(=O)NC1CCN(c2cc(-c3ccccc3)[nH]n2)CC1. The van der Waals surface area contributed by atoms with Gasteiger partial charge in [0.05, 0.1) is 18.4 Å². The topological polar surface area (TPSA) is 70.2 Å². The van der Waals surface area contributed by atoms with E-state index < -0.39 is 0 Å². The standard InChI is InChI=1S/C22H24N4O2/c1-28-20-10-6-5-9-18(20)22(27)23-17-11-13-26(14-12-17)21-15-19(24-25-21)16-7-3-2-4-8-16/h2-10,15,17H,11-14H2,1H3,(H,23,27)(H,24,25). The fraction of sp³-hybridized carbons (Fsp3) is 0.273. The molecule has 0 aliphatic carbocycles. The molecule has 1 aliphatic heterocycles. The maximum absolute atomic E-state index is 12.6. The van der Waals surface area contributed by atoms with Crippen molar-refractivity contribution >= 4 is 11.7 Å². The molecule has 0 atom stereocenters. The maximum atomic E-state index is 12.6. The van der Waals surface area contributed by atoms with Gasteiger partial charge in [-0.3, -0.25) is 9.89 Å². The first kappa shape index (κ1) is 18.1. The number of methoxy groups -OCH3 is 1. The quantitative estimate of drug-likeness (QED) is 0.715. The molecule has 2 aromatic carbocycles. The number of rotatable bonds is 5. The maximum Gasteiger partial charge on any atom is 0.255 e. The third kappa shape index (κ3) is 3.86. The summed E-state index contributed by atoms with van der Waals surface area (Å²) in [6, 6.07) is 19.7. The molecule has 1 aliphatic rings. The lowest BCUT2D eigenvalue weighted by Crippen LogP contribution is -2.44. The summed E-state index contributed by atoms with van der Waals surface area (Å²) >= 11 is 0. The number of hydrogen-bond donors (Lipinski definition) is 2.